The largest absolute Gasteiger partial charge is 0.507 e. The molecule has 0 saturated carbocycles. The first-order valence-electron chi connectivity index (χ1n) is 12.1. The van der Waals surface area contributed by atoms with E-state index in [0.29, 0.717) is 33.9 Å². The predicted octanol–water partition coefficient (Wildman–Crippen LogP) is 5.08. The van der Waals surface area contributed by atoms with Crippen molar-refractivity contribution in [3.8, 4) is 17.6 Å². The van der Waals surface area contributed by atoms with Crippen molar-refractivity contribution in [2.24, 2.45) is 0 Å². The first kappa shape index (κ1) is 24.1. The Labute approximate surface area is 215 Å². The fraction of sp³-hybridized carbons (Fsp3) is 0.233. The van der Waals surface area contributed by atoms with Crippen molar-refractivity contribution in [3.05, 3.63) is 94.1 Å². The number of nitriles is 1. The number of carbonyl (C=O) groups excluding carboxylic acids is 2. The summed E-state index contributed by atoms with van der Waals surface area (Å²) in [5.74, 6) is -0.832. The number of aliphatic hydroxyl groups is 1. The molecule has 0 spiro atoms. The minimum absolute atomic E-state index is 0.00246. The molecule has 1 unspecified atom stereocenters. The van der Waals surface area contributed by atoms with Crippen molar-refractivity contribution in [1.29, 1.82) is 5.26 Å². The van der Waals surface area contributed by atoms with Crippen LogP contribution in [-0.4, -0.2) is 31.0 Å². The summed E-state index contributed by atoms with van der Waals surface area (Å²) < 4.78 is 10.8. The minimum Gasteiger partial charge on any atom is -0.507 e. The van der Waals surface area contributed by atoms with Crippen molar-refractivity contribution < 1.29 is 24.2 Å². The summed E-state index contributed by atoms with van der Waals surface area (Å²) >= 11 is 0. The lowest BCUT2D eigenvalue weighted by Crippen LogP contribution is -2.29. The van der Waals surface area contributed by atoms with Crippen LogP contribution in [0, 0.1) is 11.3 Å². The molecule has 1 atom stereocenters. The molecule has 186 valence electrons. The lowest BCUT2D eigenvalue weighted by atomic mass is 9.88. The van der Waals surface area contributed by atoms with Gasteiger partial charge in [0, 0.05) is 11.3 Å². The number of ether oxygens (including phenoxy) is 2. The molecule has 1 saturated heterocycles. The number of rotatable bonds is 5. The fourth-order valence-electron chi connectivity index (χ4n) is 5.17. The molecule has 1 amide bonds. The van der Waals surface area contributed by atoms with Crippen molar-refractivity contribution in [1.82, 2.24) is 0 Å². The molecule has 1 N–H and O–H groups in total. The van der Waals surface area contributed by atoms with Crippen molar-refractivity contribution >= 4 is 23.1 Å². The summed E-state index contributed by atoms with van der Waals surface area (Å²) in [5, 5.41) is 20.7. The quantitative estimate of drug-likeness (QED) is 0.302. The molecule has 1 aliphatic carbocycles. The Balaban J connectivity index is 1.70. The molecule has 0 radical (unpaired) electrons. The van der Waals surface area contributed by atoms with E-state index in [4.69, 9.17) is 9.47 Å². The molecule has 3 aromatic rings. The van der Waals surface area contributed by atoms with Gasteiger partial charge in [-0.2, -0.15) is 5.26 Å². The second-order valence-corrected chi connectivity index (χ2v) is 9.13. The lowest BCUT2D eigenvalue weighted by Gasteiger charge is -2.26. The van der Waals surface area contributed by atoms with Crippen LogP contribution in [0.15, 0.2) is 66.2 Å². The monoisotopic (exact) mass is 494 g/mol. The van der Waals surface area contributed by atoms with Gasteiger partial charge >= 0.3 is 0 Å². The maximum Gasteiger partial charge on any atom is 0.300 e. The van der Waals surface area contributed by atoms with Crippen LogP contribution in [0.2, 0.25) is 0 Å². The third-order valence-corrected chi connectivity index (χ3v) is 7.06. The van der Waals surface area contributed by atoms with Crippen LogP contribution in [0.5, 0.6) is 11.5 Å². The van der Waals surface area contributed by atoms with Gasteiger partial charge in [0.1, 0.15) is 5.76 Å². The van der Waals surface area contributed by atoms with Crippen LogP contribution in [0.4, 0.5) is 5.69 Å². The smallest absolute Gasteiger partial charge is 0.300 e. The number of aliphatic hydroxyl groups excluding tert-OH is 1. The van der Waals surface area contributed by atoms with Crippen LogP contribution in [0.1, 0.15) is 46.7 Å². The molecule has 3 aromatic carbocycles. The molecule has 1 fully saturated rings. The summed E-state index contributed by atoms with van der Waals surface area (Å²) in [4.78, 5) is 28.2. The van der Waals surface area contributed by atoms with Crippen LogP contribution in [0.25, 0.3) is 5.76 Å². The van der Waals surface area contributed by atoms with E-state index < -0.39 is 17.7 Å². The Hall–Kier alpha value is -4.57. The second-order valence-electron chi connectivity index (χ2n) is 9.13. The van der Waals surface area contributed by atoms with E-state index >= 15 is 0 Å². The van der Waals surface area contributed by atoms with E-state index in [1.807, 2.05) is 12.1 Å². The number of methoxy groups -OCH3 is 2. The second kappa shape index (κ2) is 9.82. The molecule has 5 rings (SSSR count). The molecule has 0 aromatic heterocycles. The molecule has 0 bridgehead atoms. The van der Waals surface area contributed by atoms with Crippen molar-refractivity contribution in [2.45, 2.75) is 31.7 Å². The zero-order valence-corrected chi connectivity index (χ0v) is 20.7. The van der Waals surface area contributed by atoms with Crippen molar-refractivity contribution in [3.63, 3.8) is 0 Å². The summed E-state index contributed by atoms with van der Waals surface area (Å²) in [6.07, 6.45) is 4.11. The Kier molecular flexibility index (Phi) is 6.41. The number of nitrogens with zero attached hydrogens (tertiary/aromatic N) is 2. The van der Waals surface area contributed by atoms with Gasteiger partial charge in [-0.15, -0.1) is 0 Å². The van der Waals surface area contributed by atoms with E-state index in [0.717, 1.165) is 31.2 Å². The van der Waals surface area contributed by atoms with Gasteiger partial charge in [-0.3, -0.25) is 14.5 Å². The van der Waals surface area contributed by atoms with E-state index in [1.54, 1.807) is 48.5 Å². The Morgan fingerprint density at radius 1 is 0.919 bits per heavy atom. The number of amides is 1. The van der Waals surface area contributed by atoms with Gasteiger partial charge in [0.25, 0.3) is 11.7 Å². The van der Waals surface area contributed by atoms with Gasteiger partial charge < -0.3 is 14.6 Å². The Morgan fingerprint density at radius 3 is 2.30 bits per heavy atom. The highest BCUT2D eigenvalue weighted by molar-refractivity contribution is 6.51. The lowest BCUT2D eigenvalue weighted by molar-refractivity contribution is -0.132. The number of ketones is 1. The molecular weight excluding hydrogens is 468 g/mol. The number of hydrogen-bond acceptors (Lipinski definition) is 6. The first-order chi connectivity index (χ1) is 18.0. The number of fused-ring (bicyclic) bond motifs is 1. The standard InChI is InChI=1S/C30H26N2O5/c1-36-24-14-11-21(16-25(24)37-2)27-26(28(33)22-10-9-19-5-3-4-6-20(19)15-22)29(34)30(35)32(27)23-12-7-18(17-31)8-13-23/h7-16,27,33H,3-6H2,1-2H3/b28-26+. The molecule has 37 heavy (non-hydrogen) atoms. The Bertz CT molecular complexity index is 1470. The fourth-order valence-corrected chi connectivity index (χ4v) is 5.17. The normalized spacial score (nSPS) is 18.3. The van der Waals surface area contributed by atoms with E-state index in [9.17, 15) is 20.0 Å². The highest BCUT2D eigenvalue weighted by Gasteiger charge is 2.47. The summed E-state index contributed by atoms with van der Waals surface area (Å²) in [6, 6.07) is 18.4. The highest BCUT2D eigenvalue weighted by Crippen LogP contribution is 2.44. The molecule has 2 aliphatic rings. The van der Waals surface area contributed by atoms with Gasteiger partial charge in [0.05, 0.1) is 37.5 Å². The molecule has 7 heteroatoms. The van der Waals surface area contributed by atoms with Gasteiger partial charge in [0.2, 0.25) is 0 Å². The van der Waals surface area contributed by atoms with Crippen LogP contribution < -0.4 is 14.4 Å². The SMILES string of the molecule is COc1ccc(C2/C(=C(\O)c3ccc4c(c3)CCCC4)C(=O)C(=O)N2c2ccc(C#N)cc2)cc1OC. The van der Waals surface area contributed by atoms with Gasteiger partial charge in [-0.1, -0.05) is 18.2 Å². The topological polar surface area (TPSA) is 99.9 Å². The third-order valence-electron chi connectivity index (χ3n) is 7.06. The number of aryl methyl sites for hydroxylation is 2. The first-order valence-corrected chi connectivity index (χ1v) is 12.1. The third kappa shape index (κ3) is 4.21. The predicted molar refractivity (Wildman–Crippen MR) is 139 cm³/mol. The molecule has 1 heterocycles. The average Bonchev–Trinajstić information content (AvgIpc) is 3.21. The highest BCUT2D eigenvalue weighted by atomic mass is 16.5. The van der Waals surface area contributed by atoms with E-state index in [1.165, 1.54) is 24.7 Å². The zero-order chi connectivity index (χ0) is 26.1. The molecule has 1 aliphatic heterocycles. The van der Waals surface area contributed by atoms with Crippen molar-refractivity contribution in [2.75, 3.05) is 19.1 Å². The van der Waals surface area contributed by atoms with Gasteiger partial charge in [-0.05, 0) is 84.8 Å². The van der Waals surface area contributed by atoms with E-state index in [2.05, 4.69) is 6.07 Å². The average molecular weight is 495 g/mol. The number of anilines is 1. The van der Waals surface area contributed by atoms with Crippen LogP contribution >= 0.6 is 0 Å². The number of Topliss-reactive ketones (excluding diaryl/α,β-unsaturated/α-hetero) is 1. The minimum atomic E-state index is -0.913. The molecular formula is C30H26N2O5. The summed E-state index contributed by atoms with van der Waals surface area (Å²) in [6.45, 7) is 0. The number of carbonyl (C=O) groups is 2. The maximum atomic E-state index is 13.5. The van der Waals surface area contributed by atoms with E-state index in [-0.39, 0.29) is 11.3 Å². The number of benzene rings is 3. The molecule has 7 nitrogen and oxygen atoms in total. The summed E-state index contributed by atoms with van der Waals surface area (Å²) in [5.41, 5.74) is 4.33. The van der Waals surface area contributed by atoms with Crippen LogP contribution in [0.3, 0.4) is 0 Å². The zero-order valence-electron chi connectivity index (χ0n) is 20.7. The maximum absolute atomic E-state index is 13.5. The number of hydrogen-bond donors (Lipinski definition) is 1. The van der Waals surface area contributed by atoms with Gasteiger partial charge in [-0.25, -0.2) is 0 Å². The summed E-state index contributed by atoms with van der Waals surface area (Å²) in [7, 11) is 3.03. The van der Waals surface area contributed by atoms with Crippen LogP contribution in [-0.2, 0) is 22.4 Å². The Morgan fingerprint density at radius 2 is 1.62 bits per heavy atom. The van der Waals surface area contributed by atoms with Gasteiger partial charge in [0.15, 0.2) is 11.5 Å².